The van der Waals surface area contributed by atoms with Crippen LogP contribution >= 0.6 is 11.6 Å². The summed E-state index contributed by atoms with van der Waals surface area (Å²) in [5.41, 5.74) is -0.274. The minimum Gasteiger partial charge on any atom is -0.484 e. The van der Waals surface area contributed by atoms with E-state index < -0.39 is 22.7 Å². The van der Waals surface area contributed by atoms with Gasteiger partial charge < -0.3 is 14.5 Å². The molecule has 2 aromatic carbocycles. The molecule has 1 aromatic heterocycles. The lowest BCUT2D eigenvalue weighted by molar-refractivity contribution is -0.137. The average Bonchev–Trinajstić information content (AvgIpc) is 3.16. The summed E-state index contributed by atoms with van der Waals surface area (Å²) in [5, 5.41) is 1.91. The molecule has 0 unspecified atom stereocenters. The fourth-order valence-electron chi connectivity index (χ4n) is 2.35. The van der Waals surface area contributed by atoms with Gasteiger partial charge >= 0.3 is 6.18 Å². The predicted octanol–water partition coefficient (Wildman–Crippen LogP) is 5.64. The number of benzene rings is 2. The van der Waals surface area contributed by atoms with Gasteiger partial charge in [-0.25, -0.2) is 0 Å². The number of ether oxygens (including phenoxy) is 1. The Hall–Kier alpha value is -2.93. The van der Waals surface area contributed by atoms with Gasteiger partial charge in [-0.3, -0.25) is 4.79 Å². The number of halogens is 4. The SMILES string of the molecule is O=C(COc1cccc(-c2ccco2)c1)Nc1ccc(Cl)c(C(F)(F)F)c1. The van der Waals surface area contributed by atoms with Crippen LogP contribution in [-0.2, 0) is 11.0 Å². The van der Waals surface area contributed by atoms with Crippen molar-refractivity contribution in [3.8, 4) is 17.1 Å². The molecule has 0 atom stereocenters. The standard InChI is InChI=1S/C19H13ClF3NO3/c20-16-7-6-13(10-15(16)19(21,22)23)24-18(25)11-27-14-4-1-3-12(9-14)17-5-2-8-26-17/h1-10H,11H2,(H,24,25). The van der Waals surface area contributed by atoms with E-state index in [2.05, 4.69) is 5.32 Å². The third-order valence-electron chi connectivity index (χ3n) is 3.57. The van der Waals surface area contributed by atoms with Crippen LogP contribution in [0.5, 0.6) is 5.75 Å². The van der Waals surface area contributed by atoms with Crippen LogP contribution in [0.1, 0.15) is 5.56 Å². The summed E-state index contributed by atoms with van der Waals surface area (Å²) in [7, 11) is 0. The molecule has 3 rings (SSSR count). The van der Waals surface area contributed by atoms with Crippen molar-refractivity contribution in [2.24, 2.45) is 0 Å². The van der Waals surface area contributed by atoms with Crippen molar-refractivity contribution in [1.82, 2.24) is 0 Å². The molecule has 0 aliphatic carbocycles. The van der Waals surface area contributed by atoms with E-state index in [0.29, 0.717) is 11.5 Å². The summed E-state index contributed by atoms with van der Waals surface area (Å²) >= 11 is 5.55. The molecule has 0 aliphatic heterocycles. The Bertz CT molecular complexity index is 940. The second-order valence-corrected chi connectivity index (χ2v) is 5.94. The summed E-state index contributed by atoms with van der Waals surface area (Å²) in [6.45, 7) is -0.369. The molecule has 0 saturated carbocycles. The first-order valence-electron chi connectivity index (χ1n) is 7.76. The highest BCUT2D eigenvalue weighted by atomic mass is 35.5. The molecule has 1 heterocycles. The minimum atomic E-state index is -4.61. The van der Waals surface area contributed by atoms with Crippen molar-refractivity contribution in [3.63, 3.8) is 0 Å². The number of amides is 1. The zero-order chi connectivity index (χ0) is 19.4. The van der Waals surface area contributed by atoms with Crippen LogP contribution < -0.4 is 10.1 Å². The number of carbonyl (C=O) groups is 1. The van der Waals surface area contributed by atoms with E-state index in [0.717, 1.165) is 17.7 Å². The van der Waals surface area contributed by atoms with Gasteiger partial charge in [-0.05, 0) is 42.5 Å². The molecule has 8 heteroatoms. The summed E-state index contributed by atoms with van der Waals surface area (Å²) in [6.07, 6.45) is -3.07. The number of hydrogen-bond acceptors (Lipinski definition) is 3. The topological polar surface area (TPSA) is 51.5 Å². The van der Waals surface area contributed by atoms with E-state index in [4.69, 9.17) is 20.8 Å². The molecule has 0 bridgehead atoms. The van der Waals surface area contributed by atoms with Crippen molar-refractivity contribution < 1.29 is 27.1 Å². The van der Waals surface area contributed by atoms with Crippen LogP contribution in [0, 0.1) is 0 Å². The first kappa shape index (κ1) is 18.8. The van der Waals surface area contributed by atoms with Gasteiger partial charge in [0.2, 0.25) is 0 Å². The lowest BCUT2D eigenvalue weighted by Crippen LogP contribution is -2.20. The largest absolute Gasteiger partial charge is 0.484 e. The van der Waals surface area contributed by atoms with Crippen molar-refractivity contribution in [2.45, 2.75) is 6.18 Å². The summed E-state index contributed by atoms with van der Waals surface area (Å²) < 4.78 is 49.3. The first-order valence-corrected chi connectivity index (χ1v) is 8.14. The molecule has 27 heavy (non-hydrogen) atoms. The average molecular weight is 396 g/mol. The Morgan fingerprint density at radius 2 is 1.93 bits per heavy atom. The highest BCUT2D eigenvalue weighted by Gasteiger charge is 2.33. The molecule has 0 saturated heterocycles. The molecule has 3 aromatic rings. The molecule has 0 radical (unpaired) electrons. The van der Waals surface area contributed by atoms with Gasteiger partial charge in [-0.1, -0.05) is 23.7 Å². The summed E-state index contributed by atoms with van der Waals surface area (Å²) in [4.78, 5) is 12.0. The highest BCUT2D eigenvalue weighted by molar-refractivity contribution is 6.31. The Morgan fingerprint density at radius 3 is 2.63 bits per heavy atom. The normalized spacial score (nSPS) is 11.3. The van der Waals surface area contributed by atoms with E-state index in [1.54, 1.807) is 30.3 Å². The number of nitrogens with one attached hydrogen (secondary N) is 1. The third-order valence-corrected chi connectivity index (χ3v) is 3.89. The number of carbonyl (C=O) groups excluding carboxylic acids is 1. The van der Waals surface area contributed by atoms with Crippen LogP contribution in [0.25, 0.3) is 11.3 Å². The summed E-state index contributed by atoms with van der Waals surface area (Å²) in [5.74, 6) is 0.464. The Labute approximate surface area is 157 Å². The maximum absolute atomic E-state index is 12.9. The van der Waals surface area contributed by atoms with E-state index in [1.165, 1.54) is 12.3 Å². The maximum atomic E-state index is 12.9. The highest BCUT2D eigenvalue weighted by Crippen LogP contribution is 2.36. The number of rotatable bonds is 5. The van der Waals surface area contributed by atoms with E-state index in [9.17, 15) is 18.0 Å². The van der Waals surface area contributed by atoms with Gasteiger partial charge in [0.25, 0.3) is 5.91 Å². The zero-order valence-electron chi connectivity index (χ0n) is 13.7. The number of anilines is 1. The second-order valence-electron chi connectivity index (χ2n) is 5.53. The molecular weight excluding hydrogens is 383 g/mol. The van der Waals surface area contributed by atoms with Gasteiger partial charge in [-0.2, -0.15) is 13.2 Å². The lowest BCUT2D eigenvalue weighted by atomic mass is 10.1. The van der Waals surface area contributed by atoms with Gasteiger partial charge in [0.05, 0.1) is 16.8 Å². The quantitative estimate of drug-likeness (QED) is 0.608. The molecule has 1 amide bonds. The van der Waals surface area contributed by atoms with Crippen molar-refractivity contribution >= 4 is 23.2 Å². The smallest absolute Gasteiger partial charge is 0.417 e. The third kappa shape index (κ3) is 4.83. The monoisotopic (exact) mass is 395 g/mol. The zero-order valence-corrected chi connectivity index (χ0v) is 14.5. The van der Waals surface area contributed by atoms with Crippen LogP contribution in [0.15, 0.2) is 65.3 Å². The number of alkyl halides is 3. The minimum absolute atomic E-state index is 0.0235. The molecule has 0 fully saturated rings. The fourth-order valence-corrected chi connectivity index (χ4v) is 2.57. The van der Waals surface area contributed by atoms with Gasteiger partial charge in [-0.15, -0.1) is 0 Å². The summed E-state index contributed by atoms with van der Waals surface area (Å²) in [6, 6.07) is 13.6. The van der Waals surface area contributed by atoms with Crippen molar-refractivity contribution in [2.75, 3.05) is 11.9 Å². The Morgan fingerprint density at radius 1 is 1.11 bits per heavy atom. The molecule has 140 valence electrons. The van der Waals surface area contributed by atoms with E-state index in [1.807, 2.05) is 6.07 Å². The van der Waals surface area contributed by atoms with E-state index in [-0.39, 0.29) is 12.3 Å². The molecule has 0 aliphatic rings. The molecule has 0 spiro atoms. The predicted molar refractivity (Wildman–Crippen MR) is 94.7 cm³/mol. The van der Waals surface area contributed by atoms with Crippen molar-refractivity contribution in [3.05, 3.63) is 71.4 Å². The Kier molecular flexibility index (Phi) is 5.41. The van der Waals surface area contributed by atoms with Gasteiger partial charge in [0, 0.05) is 11.3 Å². The van der Waals surface area contributed by atoms with Crippen LogP contribution in [0.2, 0.25) is 5.02 Å². The fraction of sp³-hybridized carbons (Fsp3) is 0.105. The van der Waals surface area contributed by atoms with Crippen LogP contribution in [0.4, 0.5) is 18.9 Å². The molecule has 4 nitrogen and oxygen atoms in total. The molecule has 1 N–H and O–H groups in total. The lowest BCUT2D eigenvalue weighted by Gasteiger charge is -2.12. The first-order chi connectivity index (χ1) is 12.8. The van der Waals surface area contributed by atoms with Crippen LogP contribution in [-0.4, -0.2) is 12.5 Å². The Balaban J connectivity index is 1.63. The van der Waals surface area contributed by atoms with E-state index >= 15 is 0 Å². The number of hydrogen-bond donors (Lipinski definition) is 1. The number of furan rings is 1. The van der Waals surface area contributed by atoms with Gasteiger partial charge in [0.15, 0.2) is 6.61 Å². The van der Waals surface area contributed by atoms with Crippen LogP contribution in [0.3, 0.4) is 0 Å². The molecular formula is C19H13ClF3NO3. The second kappa shape index (κ2) is 7.75. The van der Waals surface area contributed by atoms with Crippen molar-refractivity contribution in [1.29, 1.82) is 0 Å². The maximum Gasteiger partial charge on any atom is 0.417 e. The van der Waals surface area contributed by atoms with Gasteiger partial charge in [0.1, 0.15) is 11.5 Å².